The number of hydrogen-bond acceptors (Lipinski definition) is 3. The van der Waals surface area contributed by atoms with Crippen LogP contribution in [-0.4, -0.2) is 37.5 Å². The number of rotatable bonds is 3. The van der Waals surface area contributed by atoms with E-state index in [0.29, 0.717) is 18.7 Å². The van der Waals surface area contributed by atoms with Crippen molar-refractivity contribution >= 4 is 21.6 Å². The molecule has 1 aromatic carbocycles. The molecule has 1 fully saturated rings. The summed E-state index contributed by atoms with van der Waals surface area (Å²) in [5.41, 5.74) is 1.94. The van der Waals surface area contributed by atoms with E-state index in [1.807, 2.05) is 24.3 Å². The lowest BCUT2D eigenvalue weighted by atomic mass is 9.87. The van der Waals surface area contributed by atoms with E-state index in [9.17, 15) is 13.2 Å². The number of benzene rings is 1. The number of anilines is 1. The summed E-state index contributed by atoms with van der Waals surface area (Å²) in [5.74, 6) is -0.251. The molecule has 0 saturated carbocycles. The van der Waals surface area contributed by atoms with Crippen LogP contribution in [0.1, 0.15) is 45.6 Å². The van der Waals surface area contributed by atoms with Crippen LogP contribution in [0.5, 0.6) is 0 Å². The Morgan fingerprint density at radius 3 is 2.30 bits per heavy atom. The second-order valence-electron chi connectivity index (χ2n) is 7.20. The van der Waals surface area contributed by atoms with Gasteiger partial charge in [-0.2, -0.15) is 4.31 Å². The van der Waals surface area contributed by atoms with Gasteiger partial charge in [-0.05, 0) is 36.0 Å². The molecule has 0 bridgehead atoms. The Morgan fingerprint density at radius 2 is 1.78 bits per heavy atom. The highest BCUT2D eigenvalue weighted by Crippen LogP contribution is 2.25. The highest BCUT2D eigenvalue weighted by atomic mass is 32.2. The smallest absolute Gasteiger partial charge is 0.242 e. The lowest BCUT2D eigenvalue weighted by molar-refractivity contribution is -0.120. The number of nitrogens with zero attached hydrogens (tertiary/aromatic N) is 1. The molecular formula is C17H26N2O3S. The largest absolute Gasteiger partial charge is 0.325 e. The van der Waals surface area contributed by atoms with E-state index in [1.165, 1.54) is 9.87 Å². The standard InChI is InChI=1S/C17H26N2O3S/c1-17(2,3)13-8-10-14(11-9-13)18-16(20)15-7-5-6-12-19(15)23(4,21)22/h8-11,15H,5-7,12H2,1-4H3,(H,18,20)/t15-/m1/s1. The van der Waals surface area contributed by atoms with E-state index in [0.717, 1.165) is 19.1 Å². The topological polar surface area (TPSA) is 66.5 Å². The zero-order valence-electron chi connectivity index (χ0n) is 14.3. The van der Waals surface area contributed by atoms with Crippen LogP contribution >= 0.6 is 0 Å². The van der Waals surface area contributed by atoms with Gasteiger partial charge in [0.15, 0.2) is 0 Å². The minimum absolute atomic E-state index is 0.0546. The van der Waals surface area contributed by atoms with Crippen LogP contribution in [0.15, 0.2) is 24.3 Å². The van der Waals surface area contributed by atoms with Crippen LogP contribution in [0.25, 0.3) is 0 Å². The van der Waals surface area contributed by atoms with Gasteiger partial charge in [0.05, 0.1) is 6.26 Å². The second-order valence-corrected chi connectivity index (χ2v) is 9.14. The van der Waals surface area contributed by atoms with Gasteiger partial charge in [-0.15, -0.1) is 0 Å². The molecule has 0 spiro atoms. The molecule has 1 aliphatic heterocycles. The molecular weight excluding hydrogens is 312 g/mol. The van der Waals surface area contributed by atoms with Crippen LogP contribution in [0.3, 0.4) is 0 Å². The van der Waals surface area contributed by atoms with E-state index >= 15 is 0 Å². The molecule has 6 heteroatoms. The molecule has 128 valence electrons. The van der Waals surface area contributed by atoms with Crippen LogP contribution in [0.2, 0.25) is 0 Å². The van der Waals surface area contributed by atoms with Gasteiger partial charge in [-0.1, -0.05) is 39.3 Å². The summed E-state index contributed by atoms with van der Waals surface area (Å²) >= 11 is 0. The van der Waals surface area contributed by atoms with Crippen molar-refractivity contribution in [3.8, 4) is 0 Å². The van der Waals surface area contributed by atoms with Crippen molar-refractivity contribution in [2.45, 2.75) is 51.5 Å². The molecule has 1 atom stereocenters. The highest BCUT2D eigenvalue weighted by molar-refractivity contribution is 7.88. The number of amides is 1. The molecule has 0 aliphatic carbocycles. The third-order valence-electron chi connectivity index (χ3n) is 4.20. The number of carbonyl (C=O) groups excluding carboxylic acids is 1. The van der Waals surface area contributed by atoms with Crippen molar-refractivity contribution in [3.63, 3.8) is 0 Å². The third-order valence-corrected chi connectivity index (χ3v) is 5.49. The van der Waals surface area contributed by atoms with Crippen LogP contribution in [0, 0.1) is 0 Å². The van der Waals surface area contributed by atoms with Gasteiger partial charge >= 0.3 is 0 Å². The third kappa shape index (κ3) is 4.54. The van der Waals surface area contributed by atoms with Gasteiger partial charge in [0.1, 0.15) is 6.04 Å². The van der Waals surface area contributed by atoms with E-state index < -0.39 is 16.1 Å². The fourth-order valence-electron chi connectivity index (χ4n) is 2.84. The van der Waals surface area contributed by atoms with Gasteiger partial charge in [-0.3, -0.25) is 4.79 Å². The van der Waals surface area contributed by atoms with Crippen molar-refractivity contribution in [1.29, 1.82) is 0 Å². The Hall–Kier alpha value is -1.40. The van der Waals surface area contributed by atoms with E-state index in [4.69, 9.17) is 0 Å². The first kappa shape index (κ1) is 17.9. The average molecular weight is 338 g/mol. The molecule has 0 unspecified atom stereocenters. The predicted molar refractivity (Wildman–Crippen MR) is 93.0 cm³/mol. The molecule has 2 rings (SSSR count). The summed E-state index contributed by atoms with van der Waals surface area (Å²) in [5, 5.41) is 2.85. The van der Waals surface area contributed by atoms with Crippen LogP contribution in [0.4, 0.5) is 5.69 Å². The Balaban J connectivity index is 2.11. The molecule has 5 nitrogen and oxygen atoms in total. The molecule has 0 radical (unpaired) electrons. The molecule has 1 heterocycles. The number of hydrogen-bond donors (Lipinski definition) is 1. The zero-order chi connectivity index (χ0) is 17.3. The van der Waals surface area contributed by atoms with Gasteiger partial charge in [0.25, 0.3) is 0 Å². The number of nitrogens with one attached hydrogen (secondary N) is 1. The summed E-state index contributed by atoms with van der Waals surface area (Å²) in [4.78, 5) is 12.5. The molecule has 1 aliphatic rings. The summed E-state index contributed by atoms with van der Waals surface area (Å²) in [7, 11) is -3.37. The Kier molecular flexibility index (Phi) is 5.16. The quantitative estimate of drug-likeness (QED) is 0.921. The zero-order valence-corrected chi connectivity index (χ0v) is 15.1. The van der Waals surface area contributed by atoms with Gasteiger partial charge < -0.3 is 5.32 Å². The summed E-state index contributed by atoms with van der Waals surface area (Å²) in [6.45, 7) is 6.81. The lowest BCUT2D eigenvalue weighted by Gasteiger charge is -2.32. The van der Waals surface area contributed by atoms with Crippen molar-refractivity contribution in [2.24, 2.45) is 0 Å². The Labute approximate surface area is 139 Å². The fraction of sp³-hybridized carbons (Fsp3) is 0.588. The van der Waals surface area contributed by atoms with E-state index in [1.54, 1.807) is 0 Å². The predicted octanol–water partition coefficient (Wildman–Crippen LogP) is 2.74. The maximum Gasteiger partial charge on any atom is 0.242 e. The molecule has 0 aromatic heterocycles. The minimum Gasteiger partial charge on any atom is -0.325 e. The molecule has 1 aromatic rings. The fourth-order valence-corrected chi connectivity index (χ4v) is 3.97. The summed E-state index contributed by atoms with van der Waals surface area (Å²) in [6.07, 6.45) is 3.40. The molecule has 1 saturated heterocycles. The van der Waals surface area contributed by atoms with Gasteiger partial charge in [-0.25, -0.2) is 8.42 Å². The summed E-state index contributed by atoms with van der Waals surface area (Å²) < 4.78 is 25.0. The van der Waals surface area contributed by atoms with Crippen LogP contribution in [-0.2, 0) is 20.2 Å². The Bertz CT molecular complexity index is 660. The van der Waals surface area contributed by atoms with Crippen molar-refractivity contribution in [2.75, 3.05) is 18.1 Å². The molecule has 23 heavy (non-hydrogen) atoms. The van der Waals surface area contributed by atoms with Crippen LogP contribution < -0.4 is 5.32 Å². The first-order chi connectivity index (χ1) is 10.6. The van der Waals surface area contributed by atoms with E-state index in [-0.39, 0.29) is 11.3 Å². The maximum absolute atomic E-state index is 12.5. The van der Waals surface area contributed by atoms with Gasteiger partial charge in [0.2, 0.25) is 15.9 Å². The first-order valence-corrected chi connectivity index (χ1v) is 9.82. The molecule has 1 N–H and O–H groups in total. The number of sulfonamides is 1. The maximum atomic E-state index is 12.5. The highest BCUT2D eigenvalue weighted by Gasteiger charge is 2.34. The van der Waals surface area contributed by atoms with Gasteiger partial charge in [0, 0.05) is 12.2 Å². The first-order valence-electron chi connectivity index (χ1n) is 7.97. The van der Waals surface area contributed by atoms with Crippen molar-refractivity contribution in [3.05, 3.63) is 29.8 Å². The molecule has 1 amide bonds. The second kappa shape index (κ2) is 6.61. The minimum atomic E-state index is -3.37. The summed E-state index contributed by atoms with van der Waals surface area (Å²) in [6, 6.07) is 7.11. The number of piperidine rings is 1. The van der Waals surface area contributed by atoms with Crippen molar-refractivity contribution < 1.29 is 13.2 Å². The Morgan fingerprint density at radius 1 is 1.17 bits per heavy atom. The lowest BCUT2D eigenvalue weighted by Crippen LogP contribution is -2.49. The SMILES string of the molecule is CC(C)(C)c1ccc(NC(=O)[C@H]2CCCCN2S(C)(=O)=O)cc1. The number of carbonyl (C=O) groups is 1. The van der Waals surface area contributed by atoms with Crippen molar-refractivity contribution in [1.82, 2.24) is 4.31 Å². The normalized spacial score (nSPS) is 20.3. The monoisotopic (exact) mass is 338 g/mol. The average Bonchev–Trinajstić information content (AvgIpc) is 2.46. The van der Waals surface area contributed by atoms with E-state index in [2.05, 4.69) is 26.1 Å².